The second-order valence-corrected chi connectivity index (χ2v) is 39.4. The van der Waals surface area contributed by atoms with Crippen molar-refractivity contribution in [1.29, 1.82) is 0 Å². The Morgan fingerprint density at radius 1 is 0.381 bits per heavy atom. The van der Waals surface area contributed by atoms with Gasteiger partial charge in [-0.25, -0.2) is 4.79 Å². The largest absolute Gasteiger partial charge is 0.481 e. The predicted octanol–water partition coefficient (Wildman–Crippen LogP) is 4.38. The fraction of sp³-hybridized carbons (Fsp3) is 0.765. The Hall–Kier alpha value is -10.9. The van der Waals surface area contributed by atoms with E-state index in [0.29, 0.717) is 50.0 Å². The van der Waals surface area contributed by atoms with E-state index >= 15 is 0 Å². The minimum Gasteiger partial charge on any atom is -0.481 e. The zero-order valence-corrected chi connectivity index (χ0v) is 86.4. The van der Waals surface area contributed by atoms with Crippen LogP contribution in [0.3, 0.4) is 0 Å². The molecule has 3 aliphatic rings. The lowest BCUT2D eigenvalue weighted by molar-refractivity contribution is -0.145. The maximum absolute atomic E-state index is 14.2. The highest BCUT2D eigenvalue weighted by Gasteiger charge is 2.44. The molecule has 0 saturated heterocycles. The minimum absolute atomic E-state index is 0.00262. The summed E-state index contributed by atoms with van der Waals surface area (Å²) in [5, 5.41) is 66.2. The number of nitrogens with one attached hydrogen (secondary N) is 11. The molecule has 2 fully saturated rings. The number of nitrogens with zero attached hydrogens (tertiary/aromatic N) is 5. The van der Waals surface area contributed by atoms with Gasteiger partial charge in [0.15, 0.2) is 0 Å². The maximum atomic E-state index is 14.2. The average Bonchev–Trinajstić information content (AvgIpc) is 1.81. The Labute approximate surface area is 820 Å². The number of hydrogen-bond acceptors (Lipinski definition) is 23. The zero-order valence-electron chi connectivity index (χ0n) is 86.4. The van der Waals surface area contributed by atoms with Crippen molar-refractivity contribution in [2.24, 2.45) is 65.1 Å². The van der Waals surface area contributed by atoms with Gasteiger partial charge in [0.05, 0.1) is 12.1 Å². The Bertz CT molecular complexity index is 4140. The van der Waals surface area contributed by atoms with Crippen LogP contribution in [0.2, 0.25) is 0 Å². The zero-order chi connectivity index (χ0) is 106. The van der Waals surface area contributed by atoms with Gasteiger partial charge in [-0.15, -0.1) is 0 Å². The highest BCUT2D eigenvalue weighted by atomic mass is 16.4. The predicted molar refractivity (Wildman–Crippen MR) is 518 cm³/mol. The summed E-state index contributed by atoms with van der Waals surface area (Å²) in [6.07, 6.45) is 7.03. The molecule has 0 aromatic heterocycles. The van der Waals surface area contributed by atoms with Crippen LogP contribution < -0.4 is 58.5 Å². The number of carboxylic acids is 4. The van der Waals surface area contributed by atoms with Crippen molar-refractivity contribution in [2.75, 3.05) is 61.9 Å². The first-order valence-electron chi connectivity index (χ1n) is 49.7. The van der Waals surface area contributed by atoms with Gasteiger partial charge in [0.2, 0.25) is 76.8 Å². The Morgan fingerprint density at radius 2 is 0.791 bits per heavy atom. The standard InChI is InChI=1S/C66H106N12O21.C32H60N4O4/c1-13-18-47(77(12)65(97)56(35(5)6)75-64(96)57(36(7)8)76(10)11)37(9)32-48(79)39-21-17-20-38(39)22-26-50(81)69-40(15-3)59(91)72-43(25-31-55(88)89)61(93)74-45(66(98)99)34-67-58(90)41(23-29-53(84)85)71-62(94)44(33-68-63(95)46(16-4)78-51(82)27-28-52(78)83)73-60(92)42(24-30-54(86)87)70-49(80)19-14-2;1-12-22(7)26(17-18-27(37)25-16-14-15-24(25)19-23(8)30(38)33-13-2)36(11)32(40)28(20(3)4)34-31(39)29(21(5)6)35(9)10/h27-28,35-47,56-57H,13-26,29-34H2,1-12H3,(H,67,90)(H,68,95)(H,69,81)(H,70,80)(H,71,94)(H,72,91)(H,73,92)(H,74,93)(H,75,96)(H,84,85)(H,86,87)(H,88,89)(H,98,99);20-26,28-29H,12-19H2,1-11H3,(H,33,38)(H,34,39)/t37-,38+,39?,40?,41+,42+,43+,44+,45+,46+,47+,56?,57+;22?,23-,24+,25?,26-,28?,29+/m11/s1. The van der Waals surface area contributed by atoms with Gasteiger partial charge in [0.1, 0.15) is 65.9 Å². The fourth-order valence-corrected chi connectivity index (χ4v) is 18.8. The summed E-state index contributed by atoms with van der Waals surface area (Å²) in [7, 11) is 10.9. The topological polar surface area (TPSA) is 588 Å². The summed E-state index contributed by atoms with van der Waals surface area (Å²) in [5.41, 5.74) is 0. The van der Waals surface area contributed by atoms with Crippen molar-refractivity contribution in [3.8, 4) is 0 Å². The van der Waals surface area contributed by atoms with E-state index in [9.17, 15) is 121 Å². The van der Waals surface area contributed by atoms with Gasteiger partial charge in [-0.3, -0.25) is 111 Å². The average molecular weight is 1970 g/mol. The molecule has 15 amide bonds. The molecule has 1 heterocycles. The van der Waals surface area contributed by atoms with E-state index < -0.39 is 195 Å². The first kappa shape index (κ1) is 124. The van der Waals surface area contributed by atoms with E-state index in [-0.39, 0.29) is 163 Å². The first-order valence-corrected chi connectivity index (χ1v) is 49.7. The van der Waals surface area contributed by atoms with Gasteiger partial charge < -0.3 is 88.7 Å². The Kier molecular flexibility index (Phi) is 55.7. The summed E-state index contributed by atoms with van der Waals surface area (Å²) in [6.45, 7) is 30.9. The number of amides is 15. The molecule has 0 bridgehead atoms. The lowest BCUT2D eigenvalue weighted by atomic mass is 9.82. The van der Waals surface area contributed by atoms with Gasteiger partial charge in [0.25, 0.3) is 11.8 Å². The smallest absolute Gasteiger partial charge is 0.328 e. The van der Waals surface area contributed by atoms with Gasteiger partial charge >= 0.3 is 23.9 Å². The van der Waals surface area contributed by atoms with Crippen LogP contribution in [-0.2, 0) is 101 Å². The second-order valence-electron chi connectivity index (χ2n) is 39.4. The lowest BCUT2D eigenvalue weighted by Gasteiger charge is -2.37. The number of aliphatic carboxylic acids is 4. The van der Waals surface area contributed by atoms with Gasteiger partial charge in [-0.2, -0.15) is 0 Å². The van der Waals surface area contributed by atoms with Crippen LogP contribution in [0.25, 0.3) is 0 Å². The van der Waals surface area contributed by atoms with Gasteiger partial charge in [-0.05, 0) is 172 Å². The summed E-state index contributed by atoms with van der Waals surface area (Å²) in [5.74, 6) is -17.1. The van der Waals surface area contributed by atoms with E-state index in [1.807, 2.05) is 114 Å². The molecule has 2 aliphatic carbocycles. The summed E-state index contributed by atoms with van der Waals surface area (Å²) in [6, 6.07) is -14.6. The molecule has 0 aromatic carbocycles. The van der Waals surface area contributed by atoms with E-state index in [1.54, 1.807) is 37.9 Å². The van der Waals surface area contributed by atoms with Crippen LogP contribution in [-0.4, -0.2) is 309 Å². The monoisotopic (exact) mass is 1970 g/mol. The SMILES string of the molecule is CCCC(=O)N[C@@H](CCC(=O)O)C(=O)N[C@@H](CNC(=O)[C@H](CC)N1C(=O)C=CC1=O)C(=O)N[C@@H](CCC(=O)O)C(=O)NC[C@H](NC(=O)[C@H](CCC(=O)O)NC(=O)C(CC)NC(=O)CC[C@@H]1CCCC1C(=O)C[C@@H](C)[C@H](CCC)N(C)C(=O)C(NC(=O)[C@H](C(C)C)N(C)C)C(C)C)C(=O)O.CCNC(=O)[C@H](C)C[C@@H]1CCCC1C(=O)CC[C@H](C(C)CC)N(C)C(=O)C(NC(=O)[C@H](C(C)C)N(C)C)C(C)C. The number of hydrogen-bond donors (Lipinski definition) is 15. The lowest BCUT2D eigenvalue weighted by Crippen LogP contribution is -2.61. The highest BCUT2D eigenvalue weighted by molar-refractivity contribution is 6.15. The summed E-state index contributed by atoms with van der Waals surface area (Å²) < 4.78 is 0. The third-order valence-electron chi connectivity index (χ3n) is 26.6. The number of carbonyl (C=O) groups is 21. The summed E-state index contributed by atoms with van der Waals surface area (Å²) in [4.78, 5) is 284. The van der Waals surface area contributed by atoms with Crippen molar-refractivity contribution in [1.82, 2.24) is 83.0 Å². The van der Waals surface area contributed by atoms with Crippen LogP contribution in [0.15, 0.2) is 12.2 Å². The molecule has 0 aromatic rings. The highest BCUT2D eigenvalue weighted by Crippen LogP contribution is 2.40. The third kappa shape index (κ3) is 41.1. The number of likely N-dealkylation sites (N-methyl/N-ethyl adjacent to an activating group) is 4. The van der Waals surface area contributed by atoms with Crippen molar-refractivity contribution in [3.05, 3.63) is 12.2 Å². The van der Waals surface area contributed by atoms with Gasteiger partial charge in [0, 0.05) is 121 Å². The fourth-order valence-electron chi connectivity index (χ4n) is 18.8. The van der Waals surface area contributed by atoms with Crippen molar-refractivity contribution < 1.29 is 121 Å². The molecule has 788 valence electrons. The van der Waals surface area contributed by atoms with Crippen LogP contribution in [0.5, 0.6) is 0 Å². The number of Topliss-reactive ketones (excluding diaryl/α,β-unsaturated/α-hetero) is 2. The molecule has 41 heteroatoms. The molecule has 1 aliphatic heterocycles. The summed E-state index contributed by atoms with van der Waals surface area (Å²) >= 11 is 0. The van der Waals surface area contributed by atoms with Gasteiger partial charge in [-0.1, -0.05) is 136 Å². The Balaban J connectivity index is 0.00000136. The van der Waals surface area contributed by atoms with Crippen molar-refractivity contribution in [3.63, 3.8) is 0 Å². The molecule has 139 heavy (non-hydrogen) atoms. The number of rotatable bonds is 64. The molecule has 6 unspecified atom stereocenters. The van der Waals surface area contributed by atoms with Crippen LogP contribution in [0, 0.1) is 65.1 Å². The number of carbonyl (C=O) groups excluding carboxylic acids is 17. The quantitative estimate of drug-likeness (QED) is 0.0376. The first-order chi connectivity index (χ1) is 65.1. The molecule has 3 rings (SSSR count). The number of ketones is 2. The van der Waals surface area contributed by atoms with Crippen molar-refractivity contribution in [2.45, 2.75) is 357 Å². The van der Waals surface area contributed by atoms with Crippen LogP contribution in [0.4, 0.5) is 0 Å². The molecule has 0 spiro atoms. The molecular weight excluding hydrogens is 1800 g/mol. The molecule has 15 N–H and O–H groups in total. The number of carboxylic acid groups (broad SMARTS) is 4. The van der Waals surface area contributed by atoms with Crippen LogP contribution >= 0.6 is 0 Å². The molecule has 2 saturated carbocycles. The van der Waals surface area contributed by atoms with E-state index in [4.69, 9.17) is 0 Å². The second kappa shape index (κ2) is 62.3. The number of imide groups is 1. The molecule has 0 radical (unpaired) electrons. The van der Waals surface area contributed by atoms with Crippen LogP contribution in [0.1, 0.15) is 278 Å². The van der Waals surface area contributed by atoms with Crippen molar-refractivity contribution >= 4 is 124 Å². The minimum atomic E-state index is -2.07. The van der Waals surface area contributed by atoms with E-state index in [2.05, 4.69) is 72.3 Å². The Morgan fingerprint density at radius 3 is 1.22 bits per heavy atom. The van der Waals surface area contributed by atoms with E-state index in [0.717, 1.165) is 57.1 Å². The third-order valence-corrected chi connectivity index (χ3v) is 26.6. The molecular formula is C98H166N16O25. The molecule has 41 nitrogen and oxygen atoms in total. The normalized spacial score (nSPS) is 18.6. The maximum Gasteiger partial charge on any atom is 0.328 e. The van der Waals surface area contributed by atoms with E-state index in [1.165, 1.54) is 13.8 Å². The molecule has 20 atom stereocenters.